The normalized spacial score (nSPS) is 10.4. The zero-order chi connectivity index (χ0) is 14.3. The molecule has 2 N–H and O–H groups in total. The second-order valence-corrected chi connectivity index (χ2v) is 4.47. The highest BCUT2D eigenvalue weighted by Crippen LogP contribution is 2.28. The van der Waals surface area contributed by atoms with Crippen LogP contribution in [0.5, 0.6) is 11.5 Å². The molecule has 0 radical (unpaired) electrons. The maximum atomic E-state index is 11.8. The highest BCUT2D eigenvalue weighted by atomic mass is 16.5. The molecule has 106 valence electrons. The first-order valence-electron chi connectivity index (χ1n) is 6.32. The monoisotopic (exact) mass is 266 g/mol. The summed E-state index contributed by atoms with van der Waals surface area (Å²) in [7, 11) is 3.15. The fraction of sp³-hybridized carbons (Fsp3) is 0.500. The predicted molar refractivity (Wildman–Crippen MR) is 75.9 cm³/mol. The number of methoxy groups -OCH3 is 2. The number of hydrogen-bond acceptors (Lipinski definition) is 4. The van der Waals surface area contributed by atoms with E-state index in [9.17, 15) is 4.79 Å². The molecule has 1 aromatic carbocycles. The summed E-state index contributed by atoms with van der Waals surface area (Å²) in [5.74, 6) is 1.24. The molecular formula is C14H22N2O3. The molecule has 0 heterocycles. The zero-order valence-corrected chi connectivity index (χ0v) is 11.9. The molecule has 19 heavy (non-hydrogen) atoms. The fourth-order valence-electron chi connectivity index (χ4n) is 1.60. The minimum atomic E-state index is -0.0558. The van der Waals surface area contributed by atoms with Crippen molar-refractivity contribution in [1.82, 2.24) is 5.32 Å². The van der Waals surface area contributed by atoms with Crippen LogP contribution in [0.25, 0.3) is 0 Å². The van der Waals surface area contributed by atoms with Crippen LogP contribution in [0, 0.1) is 0 Å². The van der Waals surface area contributed by atoms with Crippen LogP contribution in [-0.4, -0.2) is 32.7 Å². The Labute approximate surface area is 114 Å². The summed E-state index contributed by atoms with van der Waals surface area (Å²) in [6, 6.07) is 5.67. The third-order valence-electron chi connectivity index (χ3n) is 2.59. The Kier molecular flexibility index (Phi) is 6.15. The minimum Gasteiger partial charge on any atom is -0.497 e. The van der Waals surface area contributed by atoms with Crippen molar-refractivity contribution in [2.24, 2.45) is 0 Å². The van der Waals surface area contributed by atoms with Gasteiger partial charge >= 0.3 is 0 Å². The second-order valence-electron chi connectivity index (χ2n) is 4.47. The van der Waals surface area contributed by atoms with E-state index in [1.54, 1.807) is 32.4 Å². The van der Waals surface area contributed by atoms with Crippen LogP contribution in [-0.2, 0) is 4.79 Å². The Morgan fingerprint density at radius 2 is 2.00 bits per heavy atom. The van der Waals surface area contributed by atoms with Gasteiger partial charge in [-0.05, 0) is 12.1 Å². The van der Waals surface area contributed by atoms with Gasteiger partial charge < -0.3 is 20.1 Å². The molecule has 1 rings (SSSR count). The lowest BCUT2D eigenvalue weighted by atomic mass is 10.2. The van der Waals surface area contributed by atoms with Gasteiger partial charge in [0.1, 0.15) is 11.5 Å². The van der Waals surface area contributed by atoms with E-state index in [0.29, 0.717) is 36.2 Å². The van der Waals surface area contributed by atoms with Crippen LogP contribution in [0.15, 0.2) is 18.2 Å². The number of carbonyl (C=O) groups excluding carboxylic acids is 1. The molecule has 1 aromatic rings. The van der Waals surface area contributed by atoms with E-state index in [1.165, 1.54) is 0 Å². The molecule has 0 unspecified atom stereocenters. The van der Waals surface area contributed by atoms with Crippen LogP contribution in [0.1, 0.15) is 20.3 Å². The Hall–Kier alpha value is -1.75. The fourth-order valence-corrected chi connectivity index (χ4v) is 1.60. The first kappa shape index (κ1) is 15.3. The van der Waals surface area contributed by atoms with Crippen molar-refractivity contribution in [3.63, 3.8) is 0 Å². The lowest BCUT2D eigenvalue weighted by molar-refractivity contribution is -0.116. The summed E-state index contributed by atoms with van der Waals surface area (Å²) in [5, 5.41) is 6.02. The summed E-state index contributed by atoms with van der Waals surface area (Å²) in [6.07, 6.45) is 0.415. The number of rotatable bonds is 7. The van der Waals surface area contributed by atoms with Crippen LogP contribution >= 0.6 is 0 Å². The summed E-state index contributed by atoms with van der Waals surface area (Å²) in [6.45, 7) is 4.74. The van der Waals surface area contributed by atoms with Gasteiger partial charge in [0.2, 0.25) is 5.91 Å². The van der Waals surface area contributed by atoms with E-state index < -0.39 is 0 Å². The average Bonchev–Trinajstić information content (AvgIpc) is 2.38. The summed E-state index contributed by atoms with van der Waals surface area (Å²) in [5.41, 5.74) is 0.622. The van der Waals surface area contributed by atoms with Gasteiger partial charge in [-0.15, -0.1) is 0 Å². The molecule has 0 aliphatic heterocycles. The SMILES string of the molecule is COc1ccc(OC)c(NC(=O)CCNC(C)C)c1. The molecule has 0 bridgehead atoms. The topological polar surface area (TPSA) is 59.6 Å². The quantitative estimate of drug-likeness (QED) is 0.793. The van der Waals surface area contributed by atoms with E-state index in [-0.39, 0.29) is 5.91 Å². The molecule has 5 nitrogen and oxygen atoms in total. The first-order valence-corrected chi connectivity index (χ1v) is 6.32. The summed E-state index contributed by atoms with van der Waals surface area (Å²) < 4.78 is 10.3. The number of anilines is 1. The third kappa shape index (κ3) is 5.18. The molecule has 0 saturated heterocycles. The van der Waals surface area contributed by atoms with Gasteiger partial charge in [-0.25, -0.2) is 0 Å². The largest absolute Gasteiger partial charge is 0.497 e. The molecule has 0 aliphatic carbocycles. The van der Waals surface area contributed by atoms with Crippen molar-refractivity contribution in [1.29, 1.82) is 0 Å². The van der Waals surface area contributed by atoms with Crippen molar-refractivity contribution in [3.8, 4) is 11.5 Å². The highest BCUT2D eigenvalue weighted by molar-refractivity contribution is 5.92. The zero-order valence-electron chi connectivity index (χ0n) is 11.9. The number of nitrogens with one attached hydrogen (secondary N) is 2. The van der Waals surface area contributed by atoms with E-state index in [2.05, 4.69) is 10.6 Å². The Balaban J connectivity index is 2.61. The van der Waals surface area contributed by atoms with Gasteiger partial charge in [-0.3, -0.25) is 4.79 Å². The summed E-state index contributed by atoms with van der Waals surface area (Å²) >= 11 is 0. The van der Waals surface area contributed by atoms with Crippen LogP contribution in [0.4, 0.5) is 5.69 Å². The lowest BCUT2D eigenvalue weighted by Crippen LogP contribution is -2.27. The van der Waals surface area contributed by atoms with Crippen LogP contribution < -0.4 is 20.1 Å². The van der Waals surface area contributed by atoms with Crippen molar-refractivity contribution in [2.45, 2.75) is 26.3 Å². The van der Waals surface area contributed by atoms with Gasteiger partial charge in [0.05, 0.1) is 19.9 Å². The van der Waals surface area contributed by atoms with E-state index in [4.69, 9.17) is 9.47 Å². The molecule has 5 heteroatoms. The van der Waals surface area contributed by atoms with Gasteiger partial charge in [0.15, 0.2) is 0 Å². The Bertz CT molecular complexity index is 419. The molecular weight excluding hydrogens is 244 g/mol. The van der Waals surface area contributed by atoms with Crippen molar-refractivity contribution in [3.05, 3.63) is 18.2 Å². The molecule has 1 amide bonds. The highest BCUT2D eigenvalue weighted by Gasteiger charge is 2.09. The molecule has 0 atom stereocenters. The molecule has 0 aliphatic rings. The van der Waals surface area contributed by atoms with Gasteiger partial charge in [0, 0.05) is 25.1 Å². The van der Waals surface area contributed by atoms with Crippen LogP contribution in [0.3, 0.4) is 0 Å². The van der Waals surface area contributed by atoms with Crippen molar-refractivity contribution in [2.75, 3.05) is 26.1 Å². The van der Waals surface area contributed by atoms with Gasteiger partial charge in [0.25, 0.3) is 0 Å². The standard InChI is InChI=1S/C14H22N2O3/c1-10(2)15-8-7-14(17)16-12-9-11(18-3)5-6-13(12)19-4/h5-6,9-10,15H,7-8H2,1-4H3,(H,16,17). The third-order valence-corrected chi connectivity index (χ3v) is 2.59. The smallest absolute Gasteiger partial charge is 0.225 e. The average molecular weight is 266 g/mol. The maximum Gasteiger partial charge on any atom is 0.225 e. The number of ether oxygens (including phenoxy) is 2. The van der Waals surface area contributed by atoms with Gasteiger partial charge in [-0.2, -0.15) is 0 Å². The van der Waals surface area contributed by atoms with E-state index in [1.807, 2.05) is 13.8 Å². The second kappa shape index (κ2) is 7.63. The number of hydrogen-bond donors (Lipinski definition) is 2. The van der Waals surface area contributed by atoms with Crippen molar-refractivity contribution < 1.29 is 14.3 Å². The molecule has 0 spiro atoms. The first-order chi connectivity index (χ1) is 9.06. The van der Waals surface area contributed by atoms with E-state index in [0.717, 1.165) is 0 Å². The summed E-state index contributed by atoms with van der Waals surface area (Å²) in [4.78, 5) is 11.8. The lowest BCUT2D eigenvalue weighted by Gasteiger charge is -2.12. The Morgan fingerprint density at radius 3 is 2.58 bits per heavy atom. The minimum absolute atomic E-state index is 0.0558. The van der Waals surface area contributed by atoms with Gasteiger partial charge in [-0.1, -0.05) is 13.8 Å². The molecule has 0 saturated carbocycles. The van der Waals surface area contributed by atoms with E-state index >= 15 is 0 Å². The number of benzene rings is 1. The van der Waals surface area contributed by atoms with Crippen molar-refractivity contribution >= 4 is 11.6 Å². The number of carbonyl (C=O) groups is 1. The molecule has 0 aromatic heterocycles. The Morgan fingerprint density at radius 1 is 1.26 bits per heavy atom. The predicted octanol–water partition coefficient (Wildman–Crippen LogP) is 2.03. The van der Waals surface area contributed by atoms with Crippen LogP contribution in [0.2, 0.25) is 0 Å². The number of amides is 1. The maximum absolute atomic E-state index is 11.8. The molecule has 0 fully saturated rings.